The van der Waals surface area contributed by atoms with Crippen molar-refractivity contribution in [2.75, 3.05) is 16.4 Å². The molecule has 1 saturated carbocycles. The number of rotatable bonds is 6. The van der Waals surface area contributed by atoms with Gasteiger partial charge in [-0.1, -0.05) is 48.0 Å². The zero-order valence-corrected chi connectivity index (χ0v) is 17.9. The third-order valence-corrected chi connectivity index (χ3v) is 5.61. The molecule has 1 aliphatic rings. The lowest BCUT2D eigenvalue weighted by Gasteiger charge is -2.11. The minimum Gasteiger partial charge on any atom is -0.444 e. The molecule has 6 N–H and O–H groups in total. The molecule has 7 nitrogen and oxygen atoms in total. The zero-order chi connectivity index (χ0) is 22.7. The van der Waals surface area contributed by atoms with Crippen LogP contribution in [0.25, 0.3) is 0 Å². The van der Waals surface area contributed by atoms with Crippen molar-refractivity contribution in [1.82, 2.24) is 0 Å². The van der Waals surface area contributed by atoms with Gasteiger partial charge in [-0.05, 0) is 47.9 Å². The van der Waals surface area contributed by atoms with Crippen molar-refractivity contribution in [2.24, 2.45) is 5.73 Å². The molecule has 0 heterocycles. The molecule has 1 aliphatic carbocycles. The Bertz CT molecular complexity index is 1150. The summed E-state index contributed by atoms with van der Waals surface area (Å²) in [7, 11) is 0. The molecule has 0 saturated heterocycles. The lowest BCUT2D eigenvalue weighted by atomic mass is 10.1. The summed E-state index contributed by atoms with van der Waals surface area (Å²) in [6.07, 6.45) is 0.370. The summed E-state index contributed by atoms with van der Waals surface area (Å²) in [6.45, 7) is 0.124. The maximum Gasteiger partial charge on any atom is 0.412 e. The van der Waals surface area contributed by atoms with Crippen molar-refractivity contribution in [1.29, 1.82) is 0 Å². The first-order valence-corrected chi connectivity index (χ1v) is 10.5. The lowest BCUT2D eigenvalue weighted by molar-refractivity contribution is 0.102. The quantitative estimate of drug-likeness (QED) is 0.404. The smallest absolute Gasteiger partial charge is 0.412 e. The number of carbonyl (C=O) groups excluding carboxylic acids is 2. The van der Waals surface area contributed by atoms with Crippen molar-refractivity contribution < 1.29 is 14.3 Å². The second-order valence-electron chi connectivity index (χ2n) is 7.68. The highest BCUT2D eigenvalue weighted by atomic mass is 35.5. The summed E-state index contributed by atoms with van der Waals surface area (Å²) in [5.41, 5.74) is 15.4. The number of nitrogens with two attached hydrogens (primary N) is 2. The molecular formula is C24H23ClN4O3. The van der Waals surface area contributed by atoms with E-state index in [1.807, 2.05) is 24.3 Å². The van der Waals surface area contributed by atoms with Gasteiger partial charge in [0.25, 0.3) is 5.91 Å². The molecule has 0 radical (unpaired) electrons. The van der Waals surface area contributed by atoms with Gasteiger partial charge in [-0.2, -0.15) is 0 Å². The van der Waals surface area contributed by atoms with E-state index in [0.29, 0.717) is 28.5 Å². The van der Waals surface area contributed by atoms with Gasteiger partial charge in [0.15, 0.2) is 0 Å². The van der Waals surface area contributed by atoms with Crippen LogP contribution in [0.3, 0.4) is 0 Å². The van der Waals surface area contributed by atoms with E-state index >= 15 is 0 Å². The van der Waals surface area contributed by atoms with Gasteiger partial charge in [0, 0.05) is 17.5 Å². The molecule has 0 spiro atoms. The van der Waals surface area contributed by atoms with Gasteiger partial charge in [-0.25, -0.2) is 4.79 Å². The minimum absolute atomic E-state index is 0.124. The Hall–Kier alpha value is -3.55. The Morgan fingerprint density at radius 3 is 2.38 bits per heavy atom. The summed E-state index contributed by atoms with van der Waals surface area (Å²) in [5.74, 6) is 0.0695. The Morgan fingerprint density at radius 2 is 1.72 bits per heavy atom. The first-order chi connectivity index (χ1) is 15.4. The number of hydrogen-bond acceptors (Lipinski definition) is 5. The molecule has 2 amide bonds. The number of hydrogen-bond donors (Lipinski definition) is 4. The predicted molar refractivity (Wildman–Crippen MR) is 126 cm³/mol. The van der Waals surface area contributed by atoms with Crippen LogP contribution in [0.2, 0.25) is 5.02 Å². The van der Waals surface area contributed by atoms with Crippen LogP contribution in [0.1, 0.15) is 33.8 Å². The van der Waals surface area contributed by atoms with E-state index in [9.17, 15) is 9.59 Å². The third-order valence-electron chi connectivity index (χ3n) is 5.29. The van der Waals surface area contributed by atoms with E-state index in [2.05, 4.69) is 10.6 Å². The molecule has 0 aromatic heterocycles. The first-order valence-electron chi connectivity index (χ1n) is 10.1. The number of nitrogens with one attached hydrogen (secondary N) is 2. The van der Waals surface area contributed by atoms with Crippen LogP contribution in [0.4, 0.5) is 21.9 Å². The van der Waals surface area contributed by atoms with Crippen LogP contribution in [0, 0.1) is 0 Å². The Balaban J connectivity index is 1.31. The normalized spacial score (nSPS) is 16.8. The SMILES string of the molecule is Nc1ccccc1NC(=O)c1ccc(NC(=O)OCc2ccc(C3C[C@@H]3N)cc2)c(Cl)c1. The summed E-state index contributed by atoms with van der Waals surface area (Å²) < 4.78 is 5.27. The monoisotopic (exact) mass is 450 g/mol. The van der Waals surface area contributed by atoms with Crippen molar-refractivity contribution >= 4 is 40.7 Å². The number of carbonyl (C=O) groups is 2. The van der Waals surface area contributed by atoms with Crippen LogP contribution < -0.4 is 22.1 Å². The second kappa shape index (κ2) is 9.30. The fourth-order valence-electron chi connectivity index (χ4n) is 3.32. The van der Waals surface area contributed by atoms with Gasteiger partial charge in [0.2, 0.25) is 0 Å². The van der Waals surface area contributed by atoms with E-state index in [4.69, 9.17) is 27.8 Å². The molecular weight excluding hydrogens is 428 g/mol. The van der Waals surface area contributed by atoms with E-state index < -0.39 is 6.09 Å². The lowest BCUT2D eigenvalue weighted by Crippen LogP contribution is -2.15. The van der Waals surface area contributed by atoms with E-state index in [-0.39, 0.29) is 23.6 Å². The van der Waals surface area contributed by atoms with Gasteiger partial charge in [-0.3, -0.25) is 10.1 Å². The molecule has 0 aliphatic heterocycles. The van der Waals surface area contributed by atoms with Crippen molar-refractivity contribution in [3.8, 4) is 0 Å². The van der Waals surface area contributed by atoms with Gasteiger partial charge >= 0.3 is 6.09 Å². The molecule has 164 valence electrons. The Labute approximate surface area is 190 Å². The maximum atomic E-state index is 12.5. The predicted octanol–water partition coefficient (Wildman–Crippen LogP) is 4.74. The number of para-hydroxylation sites is 2. The van der Waals surface area contributed by atoms with Crippen LogP contribution >= 0.6 is 11.6 Å². The maximum absolute atomic E-state index is 12.5. The first kappa shape index (κ1) is 21.7. The largest absolute Gasteiger partial charge is 0.444 e. The fourth-order valence-corrected chi connectivity index (χ4v) is 3.54. The van der Waals surface area contributed by atoms with E-state index in [1.54, 1.807) is 36.4 Å². The third kappa shape index (κ3) is 5.19. The molecule has 8 heteroatoms. The minimum atomic E-state index is -0.644. The van der Waals surface area contributed by atoms with Crippen LogP contribution in [-0.4, -0.2) is 18.0 Å². The fraction of sp³-hybridized carbons (Fsp3) is 0.167. The summed E-state index contributed by atoms with van der Waals surface area (Å²) in [5, 5.41) is 5.53. The Morgan fingerprint density at radius 1 is 1.00 bits per heavy atom. The van der Waals surface area contributed by atoms with Gasteiger partial charge in [0.1, 0.15) is 6.61 Å². The zero-order valence-electron chi connectivity index (χ0n) is 17.2. The summed E-state index contributed by atoms with van der Waals surface area (Å²) in [4.78, 5) is 24.6. The van der Waals surface area contributed by atoms with Gasteiger partial charge in [-0.15, -0.1) is 0 Å². The number of nitrogen functional groups attached to an aromatic ring is 1. The van der Waals surface area contributed by atoms with Crippen molar-refractivity contribution in [3.63, 3.8) is 0 Å². The molecule has 32 heavy (non-hydrogen) atoms. The summed E-state index contributed by atoms with van der Waals surface area (Å²) >= 11 is 6.25. The highest BCUT2D eigenvalue weighted by molar-refractivity contribution is 6.34. The number of benzene rings is 3. The number of anilines is 3. The average Bonchev–Trinajstić information content (AvgIpc) is 3.52. The highest BCUT2D eigenvalue weighted by Crippen LogP contribution is 2.38. The Kier molecular flexibility index (Phi) is 6.30. The molecule has 2 atom stereocenters. The summed E-state index contributed by atoms with van der Waals surface area (Å²) in [6, 6.07) is 19.6. The van der Waals surface area contributed by atoms with Crippen LogP contribution in [-0.2, 0) is 11.3 Å². The standard InChI is InChI=1S/C24H23ClN4O3/c25-18-11-16(23(30)28-22-4-2-1-3-19(22)26)9-10-21(18)29-24(31)32-13-14-5-7-15(8-6-14)17-12-20(17)27/h1-11,17,20H,12-13,26-27H2,(H,28,30)(H,29,31)/t17?,20-/m0/s1. The van der Waals surface area contributed by atoms with Crippen molar-refractivity contribution in [3.05, 3.63) is 88.4 Å². The van der Waals surface area contributed by atoms with Crippen LogP contribution in [0.15, 0.2) is 66.7 Å². The molecule has 4 rings (SSSR count). The molecule has 3 aromatic rings. The average molecular weight is 451 g/mol. The number of halogens is 1. The second-order valence-corrected chi connectivity index (χ2v) is 8.09. The topological polar surface area (TPSA) is 119 Å². The highest BCUT2D eigenvalue weighted by Gasteiger charge is 2.34. The van der Waals surface area contributed by atoms with Crippen LogP contribution in [0.5, 0.6) is 0 Å². The van der Waals surface area contributed by atoms with E-state index in [1.165, 1.54) is 11.6 Å². The molecule has 1 fully saturated rings. The van der Waals surface area contributed by atoms with Gasteiger partial charge in [0.05, 0.1) is 22.1 Å². The van der Waals surface area contributed by atoms with Gasteiger partial charge < -0.3 is 21.5 Å². The molecule has 3 aromatic carbocycles. The van der Waals surface area contributed by atoms with E-state index in [0.717, 1.165) is 12.0 Å². The number of amides is 2. The molecule has 1 unspecified atom stereocenters. The number of ether oxygens (including phenoxy) is 1. The van der Waals surface area contributed by atoms with Crippen molar-refractivity contribution in [2.45, 2.75) is 25.0 Å². The molecule has 0 bridgehead atoms.